The van der Waals surface area contributed by atoms with Crippen molar-refractivity contribution >= 4 is 27.1 Å². The summed E-state index contributed by atoms with van der Waals surface area (Å²) < 4.78 is 31.2. The fourth-order valence-electron chi connectivity index (χ4n) is 3.88. The van der Waals surface area contributed by atoms with Crippen LogP contribution in [0.15, 0.2) is 35.8 Å². The molecule has 1 amide bonds. The van der Waals surface area contributed by atoms with Crippen LogP contribution in [0, 0.1) is 0 Å². The van der Waals surface area contributed by atoms with Crippen LogP contribution in [0.2, 0.25) is 0 Å². The van der Waals surface area contributed by atoms with Gasteiger partial charge in [0.1, 0.15) is 6.10 Å². The summed E-state index contributed by atoms with van der Waals surface area (Å²) in [4.78, 5) is 19.6. The summed E-state index contributed by atoms with van der Waals surface area (Å²) in [6.07, 6.45) is 6.65. The molecule has 1 saturated heterocycles. The lowest BCUT2D eigenvalue weighted by molar-refractivity contribution is 0.0766. The fraction of sp³-hybridized carbons (Fsp3) is 0.500. The van der Waals surface area contributed by atoms with Gasteiger partial charge in [-0.3, -0.25) is 4.79 Å². The zero-order valence-corrected chi connectivity index (χ0v) is 17.3. The van der Waals surface area contributed by atoms with E-state index in [1.165, 1.54) is 30.4 Å². The Balaban J connectivity index is 1.43. The van der Waals surface area contributed by atoms with Crippen molar-refractivity contribution in [2.45, 2.75) is 43.5 Å². The molecule has 1 aliphatic heterocycles. The van der Waals surface area contributed by atoms with Crippen LogP contribution < -0.4 is 4.74 Å². The van der Waals surface area contributed by atoms with Gasteiger partial charge in [-0.25, -0.2) is 13.4 Å². The van der Waals surface area contributed by atoms with Crippen LogP contribution in [0.4, 0.5) is 0 Å². The van der Waals surface area contributed by atoms with Gasteiger partial charge in [-0.2, -0.15) is 0 Å². The lowest BCUT2D eigenvalue weighted by Crippen LogP contribution is -2.33. The molecule has 1 unspecified atom stereocenters. The predicted octanol–water partition coefficient (Wildman–Crippen LogP) is 3.47. The molecule has 28 heavy (non-hydrogen) atoms. The summed E-state index contributed by atoms with van der Waals surface area (Å²) in [6.45, 7) is 0.629. The Bertz CT molecular complexity index is 904. The summed E-state index contributed by atoms with van der Waals surface area (Å²) in [7, 11) is -3.27. The summed E-state index contributed by atoms with van der Waals surface area (Å²) in [5, 5.41) is 1.37. The molecule has 2 aliphatic rings. The number of sulfone groups is 1. The first kappa shape index (κ1) is 19.4. The van der Waals surface area contributed by atoms with Gasteiger partial charge in [0, 0.05) is 30.2 Å². The second-order valence-corrected chi connectivity index (χ2v) is 10.6. The third-order valence-corrected chi connectivity index (χ3v) is 8.70. The standard InChI is InChI=1S/C20H24N2O4S2/c23-20(15-7-8-19(21-14-15)26-16-4-1-2-5-16)22-10-9-18(17-6-3-12-27-17)28(24,25)13-11-22/h3,6-8,12,14,16,18H,1-2,4-5,9-11,13H2. The largest absolute Gasteiger partial charge is 0.474 e. The number of aromatic nitrogens is 1. The molecular formula is C20H24N2O4S2. The highest BCUT2D eigenvalue weighted by atomic mass is 32.2. The zero-order valence-electron chi connectivity index (χ0n) is 15.6. The van der Waals surface area contributed by atoms with Gasteiger partial charge in [0.2, 0.25) is 5.88 Å². The Morgan fingerprint density at radius 1 is 1.14 bits per heavy atom. The van der Waals surface area contributed by atoms with Crippen molar-refractivity contribution in [1.82, 2.24) is 9.88 Å². The van der Waals surface area contributed by atoms with Gasteiger partial charge in [0.25, 0.3) is 5.91 Å². The first-order valence-electron chi connectivity index (χ1n) is 9.70. The highest BCUT2D eigenvalue weighted by Crippen LogP contribution is 2.32. The number of hydrogen-bond acceptors (Lipinski definition) is 6. The molecule has 2 aromatic heterocycles. The highest BCUT2D eigenvalue weighted by molar-refractivity contribution is 7.91. The Labute approximate surface area is 169 Å². The number of rotatable bonds is 4. The van der Waals surface area contributed by atoms with E-state index in [0.29, 0.717) is 24.4 Å². The molecule has 6 nitrogen and oxygen atoms in total. The van der Waals surface area contributed by atoms with Crippen molar-refractivity contribution in [2.24, 2.45) is 0 Å². The Hall–Kier alpha value is -1.93. The Morgan fingerprint density at radius 3 is 2.64 bits per heavy atom. The number of pyridine rings is 1. The van der Waals surface area contributed by atoms with Crippen LogP contribution in [0.1, 0.15) is 52.6 Å². The summed E-state index contributed by atoms with van der Waals surface area (Å²) >= 11 is 1.45. The van der Waals surface area contributed by atoms with Crippen LogP contribution in [-0.2, 0) is 9.84 Å². The second kappa shape index (κ2) is 8.21. The number of hydrogen-bond donors (Lipinski definition) is 0. The zero-order chi connectivity index (χ0) is 19.6. The molecule has 2 aromatic rings. The molecule has 8 heteroatoms. The molecule has 0 spiro atoms. The second-order valence-electron chi connectivity index (χ2n) is 7.36. The number of amides is 1. The van der Waals surface area contributed by atoms with Gasteiger partial charge in [0.15, 0.2) is 9.84 Å². The Morgan fingerprint density at radius 2 is 1.96 bits per heavy atom. The van der Waals surface area contributed by atoms with Crippen LogP contribution in [0.5, 0.6) is 5.88 Å². The van der Waals surface area contributed by atoms with Crippen LogP contribution in [0.25, 0.3) is 0 Å². The number of nitrogens with zero attached hydrogens (tertiary/aromatic N) is 2. The lowest BCUT2D eigenvalue weighted by atomic mass is 10.2. The van der Waals surface area contributed by atoms with Gasteiger partial charge in [-0.15, -0.1) is 11.3 Å². The molecule has 3 heterocycles. The molecule has 4 rings (SSSR count). The molecule has 0 radical (unpaired) electrons. The smallest absolute Gasteiger partial charge is 0.255 e. The van der Waals surface area contributed by atoms with E-state index in [-0.39, 0.29) is 24.3 Å². The fourth-order valence-corrected chi connectivity index (χ4v) is 6.88. The van der Waals surface area contributed by atoms with Crippen LogP contribution in [-0.4, -0.2) is 49.2 Å². The lowest BCUT2D eigenvalue weighted by Gasteiger charge is -2.20. The number of carbonyl (C=O) groups is 1. The molecule has 2 fully saturated rings. The minimum Gasteiger partial charge on any atom is -0.474 e. The maximum absolute atomic E-state index is 12.9. The van der Waals surface area contributed by atoms with Crippen LogP contribution >= 0.6 is 11.3 Å². The van der Waals surface area contributed by atoms with E-state index in [9.17, 15) is 13.2 Å². The third-order valence-electron chi connectivity index (χ3n) is 5.46. The molecule has 150 valence electrons. The molecule has 0 bridgehead atoms. The van der Waals surface area contributed by atoms with Gasteiger partial charge >= 0.3 is 0 Å². The quantitative estimate of drug-likeness (QED) is 0.757. The first-order chi connectivity index (χ1) is 13.5. The average molecular weight is 421 g/mol. The van der Waals surface area contributed by atoms with E-state index in [1.807, 2.05) is 17.5 Å². The van der Waals surface area contributed by atoms with Gasteiger partial charge in [-0.05, 0) is 49.6 Å². The number of carbonyl (C=O) groups excluding carboxylic acids is 1. The summed E-state index contributed by atoms with van der Waals surface area (Å²) in [5.41, 5.74) is 0.464. The minimum atomic E-state index is -3.27. The number of ether oxygens (including phenoxy) is 1. The van der Waals surface area contributed by atoms with Crippen molar-refractivity contribution < 1.29 is 17.9 Å². The Kier molecular flexibility index (Phi) is 5.68. The van der Waals surface area contributed by atoms with Gasteiger partial charge < -0.3 is 9.64 Å². The molecule has 0 N–H and O–H groups in total. The van der Waals surface area contributed by atoms with E-state index < -0.39 is 15.1 Å². The van der Waals surface area contributed by atoms with E-state index in [4.69, 9.17) is 4.74 Å². The van der Waals surface area contributed by atoms with E-state index in [2.05, 4.69) is 4.98 Å². The maximum atomic E-state index is 12.9. The SMILES string of the molecule is O=C(c1ccc(OC2CCCC2)nc1)N1CCC(c2cccs2)S(=O)(=O)CC1. The van der Waals surface area contributed by atoms with Gasteiger partial charge in [-0.1, -0.05) is 6.07 Å². The maximum Gasteiger partial charge on any atom is 0.255 e. The van der Waals surface area contributed by atoms with Crippen molar-refractivity contribution in [3.05, 3.63) is 46.3 Å². The van der Waals surface area contributed by atoms with Gasteiger partial charge in [0.05, 0.1) is 16.6 Å². The molecule has 1 saturated carbocycles. The van der Waals surface area contributed by atoms with Crippen molar-refractivity contribution in [3.8, 4) is 5.88 Å². The molecule has 0 aromatic carbocycles. The normalized spacial score (nSPS) is 22.7. The number of thiophene rings is 1. The van der Waals surface area contributed by atoms with E-state index in [0.717, 1.165) is 17.7 Å². The first-order valence-corrected chi connectivity index (χ1v) is 12.3. The van der Waals surface area contributed by atoms with E-state index >= 15 is 0 Å². The topological polar surface area (TPSA) is 76.6 Å². The highest BCUT2D eigenvalue weighted by Gasteiger charge is 2.33. The molecule has 1 aliphatic carbocycles. The third kappa shape index (κ3) is 4.22. The molecule has 1 atom stereocenters. The summed E-state index contributed by atoms with van der Waals surface area (Å²) in [6, 6.07) is 7.17. The van der Waals surface area contributed by atoms with Crippen molar-refractivity contribution in [1.29, 1.82) is 0 Å². The van der Waals surface area contributed by atoms with Crippen LogP contribution in [0.3, 0.4) is 0 Å². The molecular weight excluding hydrogens is 396 g/mol. The average Bonchev–Trinajstić information content (AvgIpc) is 3.36. The minimum absolute atomic E-state index is 0.0163. The monoisotopic (exact) mass is 420 g/mol. The predicted molar refractivity (Wildman–Crippen MR) is 108 cm³/mol. The summed E-state index contributed by atoms with van der Waals surface area (Å²) in [5.74, 6) is 0.346. The van der Waals surface area contributed by atoms with Crippen molar-refractivity contribution in [3.63, 3.8) is 0 Å². The van der Waals surface area contributed by atoms with E-state index in [1.54, 1.807) is 17.0 Å². The van der Waals surface area contributed by atoms with Crippen molar-refractivity contribution in [2.75, 3.05) is 18.8 Å².